The highest BCUT2D eigenvalue weighted by Crippen LogP contribution is 2.56. The summed E-state index contributed by atoms with van der Waals surface area (Å²) in [6, 6.07) is 0. The van der Waals surface area contributed by atoms with Gasteiger partial charge in [-0.05, 0) is 39.5 Å². The van der Waals surface area contributed by atoms with Gasteiger partial charge in [0.25, 0.3) is 5.91 Å². The topological polar surface area (TPSA) is 58.4 Å². The molecule has 20 heavy (non-hydrogen) atoms. The van der Waals surface area contributed by atoms with Crippen molar-refractivity contribution in [2.75, 3.05) is 13.1 Å². The average Bonchev–Trinajstić information content (AvgIpc) is 2.94. The van der Waals surface area contributed by atoms with Gasteiger partial charge >= 0.3 is 0 Å². The second kappa shape index (κ2) is 4.58. The van der Waals surface area contributed by atoms with Gasteiger partial charge in [-0.3, -0.25) is 9.48 Å². The smallest absolute Gasteiger partial charge is 0.257 e. The highest BCUT2D eigenvalue weighted by molar-refractivity contribution is 5.93. The molecule has 1 amide bonds. The first-order chi connectivity index (χ1) is 9.47. The minimum absolute atomic E-state index is 0.0530. The van der Waals surface area contributed by atoms with Crippen LogP contribution in [0.1, 0.15) is 49.9 Å². The molecule has 1 saturated carbocycles. The van der Waals surface area contributed by atoms with E-state index in [1.54, 1.807) is 10.9 Å². The van der Waals surface area contributed by atoms with Crippen molar-refractivity contribution in [3.05, 3.63) is 18.0 Å². The van der Waals surface area contributed by atoms with Gasteiger partial charge < -0.3 is 10.0 Å². The van der Waals surface area contributed by atoms with Gasteiger partial charge in [-0.2, -0.15) is 5.10 Å². The highest BCUT2D eigenvalue weighted by Gasteiger charge is 2.55. The molecule has 110 valence electrons. The molecule has 1 N–H and O–H groups in total. The van der Waals surface area contributed by atoms with Crippen molar-refractivity contribution in [1.82, 2.24) is 14.7 Å². The lowest BCUT2D eigenvalue weighted by molar-refractivity contribution is -0.174. The van der Waals surface area contributed by atoms with Crippen LogP contribution in [0.5, 0.6) is 0 Å². The predicted molar refractivity (Wildman–Crippen MR) is 75.3 cm³/mol. The first-order valence-corrected chi connectivity index (χ1v) is 7.52. The zero-order valence-corrected chi connectivity index (χ0v) is 12.3. The van der Waals surface area contributed by atoms with Gasteiger partial charge in [0.2, 0.25) is 0 Å². The largest absolute Gasteiger partial charge is 0.390 e. The maximum Gasteiger partial charge on any atom is 0.257 e. The number of hydrogen-bond donors (Lipinski definition) is 1. The van der Waals surface area contributed by atoms with Crippen molar-refractivity contribution < 1.29 is 9.90 Å². The lowest BCUT2D eigenvalue weighted by Gasteiger charge is -2.58. The molecule has 0 radical (unpaired) electrons. The summed E-state index contributed by atoms with van der Waals surface area (Å²) < 4.78 is 1.77. The van der Waals surface area contributed by atoms with Crippen LogP contribution in [0.4, 0.5) is 0 Å². The van der Waals surface area contributed by atoms with Gasteiger partial charge in [-0.1, -0.05) is 0 Å². The van der Waals surface area contributed by atoms with Crippen LogP contribution >= 0.6 is 0 Å². The molecule has 1 spiro atoms. The number of hydrogen-bond acceptors (Lipinski definition) is 3. The van der Waals surface area contributed by atoms with Gasteiger partial charge in [0, 0.05) is 31.2 Å². The van der Waals surface area contributed by atoms with Crippen molar-refractivity contribution in [1.29, 1.82) is 0 Å². The summed E-state index contributed by atoms with van der Waals surface area (Å²) in [7, 11) is 0. The summed E-state index contributed by atoms with van der Waals surface area (Å²) in [6.45, 7) is 6.21. The fourth-order valence-electron chi connectivity index (χ4n) is 3.60. The zero-order chi connectivity index (χ0) is 14.4. The number of rotatable bonds is 2. The third-order valence-corrected chi connectivity index (χ3v) is 5.44. The fourth-order valence-corrected chi connectivity index (χ4v) is 3.60. The quantitative estimate of drug-likeness (QED) is 0.894. The van der Waals surface area contributed by atoms with Crippen molar-refractivity contribution in [3.8, 4) is 0 Å². The molecular formula is C15H23N3O2. The standard InChI is InChI=1S/C15H23N3O2/c1-3-18-11-12(10-16-18)13(19)17-8-6-15(7-9-17)5-4-14(15,2)20/h10-11,20H,3-9H2,1-2H3. The number of likely N-dealkylation sites (tertiary alicyclic amines) is 1. The highest BCUT2D eigenvalue weighted by atomic mass is 16.3. The first-order valence-electron chi connectivity index (χ1n) is 7.52. The molecule has 5 nitrogen and oxygen atoms in total. The second-order valence-corrected chi connectivity index (χ2v) is 6.43. The number of amides is 1. The summed E-state index contributed by atoms with van der Waals surface area (Å²) in [6.07, 6.45) is 7.27. The molecule has 2 aliphatic rings. The van der Waals surface area contributed by atoms with Gasteiger partial charge in [-0.15, -0.1) is 0 Å². The van der Waals surface area contributed by atoms with Crippen LogP contribution in [-0.4, -0.2) is 44.4 Å². The van der Waals surface area contributed by atoms with E-state index in [4.69, 9.17) is 0 Å². The number of carbonyl (C=O) groups excluding carboxylic acids is 1. The fraction of sp³-hybridized carbons (Fsp3) is 0.733. The Hall–Kier alpha value is -1.36. The Bertz CT molecular complexity index is 513. The molecule has 1 aliphatic carbocycles. The van der Waals surface area contributed by atoms with Crippen LogP contribution in [0.25, 0.3) is 0 Å². The third-order valence-electron chi connectivity index (χ3n) is 5.44. The predicted octanol–water partition coefficient (Wildman–Crippen LogP) is 1.67. The number of nitrogens with zero attached hydrogens (tertiary/aromatic N) is 3. The summed E-state index contributed by atoms with van der Waals surface area (Å²) in [5.41, 5.74) is 0.190. The van der Waals surface area contributed by atoms with E-state index in [2.05, 4.69) is 5.10 Å². The molecule has 1 aromatic rings. The van der Waals surface area contributed by atoms with Gasteiger partial charge in [0.1, 0.15) is 0 Å². The van der Waals surface area contributed by atoms with Crippen LogP contribution in [0, 0.1) is 5.41 Å². The SMILES string of the molecule is CCn1cc(C(=O)N2CCC3(CC2)CCC3(C)O)cn1. The molecule has 1 aromatic heterocycles. The minimum Gasteiger partial charge on any atom is -0.390 e. The maximum absolute atomic E-state index is 12.4. The van der Waals surface area contributed by atoms with E-state index < -0.39 is 5.60 Å². The molecule has 1 unspecified atom stereocenters. The Balaban J connectivity index is 1.65. The monoisotopic (exact) mass is 277 g/mol. The van der Waals surface area contributed by atoms with Crippen molar-refractivity contribution in [2.45, 2.75) is 51.7 Å². The molecule has 2 fully saturated rings. The van der Waals surface area contributed by atoms with Crippen molar-refractivity contribution in [3.63, 3.8) is 0 Å². The van der Waals surface area contributed by atoms with Crippen molar-refractivity contribution >= 4 is 5.91 Å². The summed E-state index contributed by atoms with van der Waals surface area (Å²) >= 11 is 0. The number of carbonyl (C=O) groups is 1. The van der Waals surface area contributed by atoms with E-state index in [1.165, 1.54) is 0 Å². The number of piperidine rings is 1. The average molecular weight is 277 g/mol. The normalized spacial score (nSPS) is 28.4. The Kier molecular flexibility index (Phi) is 3.12. The van der Waals surface area contributed by atoms with Gasteiger partial charge in [0.15, 0.2) is 0 Å². The van der Waals surface area contributed by atoms with Crippen LogP contribution in [0.15, 0.2) is 12.4 Å². The van der Waals surface area contributed by atoms with E-state index in [1.807, 2.05) is 24.9 Å². The number of aliphatic hydroxyl groups is 1. The van der Waals surface area contributed by atoms with E-state index in [9.17, 15) is 9.90 Å². The Labute approximate surface area is 119 Å². The molecule has 1 atom stereocenters. The molecule has 5 heteroatoms. The summed E-state index contributed by atoms with van der Waals surface area (Å²) in [5, 5.41) is 14.5. The van der Waals surface area contributed by atoms with E-state index in [-0.39, 0.29) is 11.3 Å². The maximum atomic E-state index is 12.4. The minimum atomic E-state index is -0.533. The zero-order valence-electron chi connectivity index (χ0n) is 12.3. The molecule has 1 aliphatic heterocycles. The summed E-state index contributed by atoms with van der Waals surface area (Å²) in [5.74, 6) is 0.0681. The lowest BCUT2D eigenvalue weighted by atomic mass is 9.53. The molecule has 0 bridgehead atoms. The van der Waals surface area contributed by atoms with Gasteiger partial charge in [-0.25, -0.2) is 0 Å². The Morgan fingerprint density at radius 1 is 1.35 bits per heavy atom. The van der Waals surface area contributed by atoms with Crippen LogP contribution < -0.4 is 0 Å². The molecule has 0 aromatic carbocycles. The molecule has 1 saturated heterocycles. The molecule has 2 heterocycles. The second-order valence-electron chi connectivity index (χ2n) is 6.43. The van der Waals surface area contributed by atoms with Crippen molar-refractivity contribution in [2.24, 2.45) is 5.41 Å². The number of aromatic nitrogens is 2. The van der Waals surface area contributed by atoms with E-state index in [0.717, 1.165) is 45.3 Å². The third kappa shape index (κ3) is 1.95. The van der Waals surface area contributed by atoms with E-state index >= 15 is 0 Å². The Morgan fingerprint density at radius 2 is 2.05 bits per heavy atom. The summed E-state index contributed by atoms with van der Waals surface area (Å²) in [4.78, 5) is 14.3. The van der Waals surface area contributed by atoms with Crippen LogP contribution in [-0.2, 0) is 6.54 Å². The first kappa shape index (κ1) is 13.6. The van der Waals surface area contributed by atoms with Crippen LogP contribution in [0.3, 0.4) is 0 Å². The molecular weight excluding hydrogens is 254 g/mol. The lowest BCUT2D eigenvalue weighted by Crippen LogP contribution is -2.60. The van der Waals surface area contributed by atoms with E-state index in [0.29, 0.717) is 5.56 Å². The number of aryl methyl sites for hydroxylation is 1. The Morgan fingerprint density at radius 3 is 2.50 bits per heavy atom. The molecule has 3 rings (SSSR count). The van der Waals surface area contributed by atoms with Crippen LogP contribution in [0.2, 0.25) is 0 Å². The van der Waals surface area contributed by atoms with Gasteiger partial charge in [0.05, 0.1) is 17.4 Å².